The molecule has 3 aromatic heterocycles. The highest BCUT2D eigenvalue weighted by molar-refractivity contribution is 7.80. The van der Waals surface area contributed by atoms with Gasteiger partial charge in [0.1, 0.15) is 12.4 Å². The van der Waals surface area contributed by atoms with Crippen LogP contribution in [0.1, 0.15) is 37.7 Å². The van der Waals surface area contributed by atoms with Crippen LogP contribution in [0.4, 0.5) is 14.9 Å². The summed E-state index contributed by atoms with van der Waals surface area (Å²) in [5.41, 5.74) is 2.78. The number of fused-ring (bicyclic) bond motifs is 1. The Morgan fingerprint density at radius 1 is 1.04 bits per heavy atom. The zero-order valence-corrected chi connectivity index (χ0v) is 26.3. The van der Waals surface area contributed by atoms with E-state index in [1.807, 2.05) is 24.4 Å². The van der Waals surface area contributed by atoms with Crippen molar-refractivity contribution in [3.63, 3.8) is 0 Å². The molecule has 2 amide bonds. The summed E-state index contributed by atoms with van der Waals surface area (Å²) >= 11 is 1.43. The molecule has 1 unspecified atom stereocenters. The summed E-state index contributed by atoms with van der Waals surface area (Å²) in [6.45, 7) is 1.43. The number of likely N-dealkylation sites (tertiary alicyclic amines) is 1. The summed E-state index contributed by atoms with van der Waals surface area (Å²) in [6.07, 6.45) is 7.29. The number of aromatic nitrogens is 2. The van der Waals surface area contributed by atoms with Gasteiger partial charge in [0.2, 0.25) is 0 Å². The van der Waals surface area contributed by atoms with Crippen molar-refractivity contribution in [2.45, 2.75) is 44.7 Å². The number of thiophene rings is 1. The molecule has 2 fully saturated rings. The Balaban J connectivity index is 1.07. The zero-order chi connectivity index (χ0) is 32.3. The molecule has 1 aliphatic carbocycles. The molecule has 1 aromatic carbocycles. The van der Waals surface area contributed by atoms with Gasteiger partial charge >= 0.3 is 16.4 Å². The summed E-state index contributed by atoms with van der Waals surface area (Å²) < 4.78 is 56.2. The van der Waals surface area contributed by atoms with E-state index in [0.29, 0.717) is 42.9 Å². The second kappa shape index (κ2) is 13.8. The Morgan fingerprint density at radius 3 is 2.63 bits per heavy atom. The van der Waals surface area contributed by atoms with Crippen LogP contribution in [-0.2, 0) is 25.9 Å². The van der Waals surface area contributed by atoms with Crippen molar-refractivity contribution in [2.24, 2.45) is 5.92 Å². The third-order valence-electron chi connectivity index (χ3n) is 7.81. The SMILES string of the molecule is O=C(Nc1ccc(Oc2ccnc3cc(-c4ccc(CN5CCCC(C(=O)COS(=O)(=O)O)CC5)cn4)sc23)c(F)c1)NC1CC1. The maximum atomic E-state index is 14.9. The van der Waals surface area contributed by atoms with E-state index < -0.39 is 22.8 Å². The summed E-state index contributed by atoms with van der Waals surface area (Å²) in [4.78, 5) is 36.5. The molecule has 15 heteroatoms. The van der Waals surface area contributed by atoms with Crippen molar-refractivity contribution in [1.82, 2.24) is 20.2 Å². The Labute approximate surface area is 268 Å². The van der Waals surface area contributed by atoms with Gasteiger partial charge in [-0.3, -0.25) is 24.2 Å². The molecule has 46 heavy (non-hydrogen) atoms. The lowest BCUT2D eigenvalue weighted by Crippen LogP contribution is -2.30. The van der Waals surface area contributed by atoms with E-state index >= 15 is 0 Å². The quantitative estimate of drug-likeness (QED) is 0.173. The number of benzene rings is 1. The first-order chi connectivity index (χ1) is 22.1. The van der Waals surface area contributed by atoms with Gasteiger partial charge in [-0.25, -0.2) is 13.4 Å². The van der Waals surface area contributed by atoms with Crippen LogP contribution in [0, 0.1) is 11.7 Å². The maximum Gasteiger partial charge on any atom is 0.397 e. The normalized spacial score (nSPS) is 17.4. The zero-order valence-electron chi connectivity index (χ0n) is 24.6. The second-order valence-electron chi connectivity index (χ2n) is 11.4. The van der Waals surface area contributed by atoms with E-state index in [0.717, 1.165) is 46.6 Å². The molecule has 0 bridgehead atoms. The van der Waals surface area contributed by atoms with E-state index in [2.05, 4.69) is 29.7 Å². The predicted octanol–water partition coefficient (Wildman–Crippen LogP) is 5.56. The summed E-state index contributed by atoms with van der Waals surface area (Å²) in [5, 5.41) is 5.43. The fourth-order valence-corrected chi connectivity index (χ4v) is 6.60. The molecule has 1 saturated carbocycles. The monoisotopic (exact) mass is 669 g/mol. The molecular weight excluding hydrogens is 638 g/mol. The van der Waals surface area contributed by atoms with E-state index in [4.69, 9.17) is 9.29 Å². The number of halogens is 1. The highest BCUT2D eigenvalue weighted by atomic mass is 32.3. The second-order valence-corrected chi connectivity index (χ2v) is 13.5. The molecular formula is C31H32FN5O7S2. The number of nitrogens with zero attached hydrogens (tertiary/aromatic N) is 3. The molecule has 2 aliphatic rings. The molecule has 1 aliphatic heterocycles. The average Bonchev–Trinajstić information content (AvgIpc) is 3.77. The highest BCUT2D eigenvalue weighted by Crippen LogP contribution is 2.39. The van der Waals surface area contributed by atoms with Gasteiger partial charge in [-0.05, 0) is 75.0 Å². The van der Waals surface area contributed by atoms with Crippen molar-refractivity contribution in [2.75, 3.05) is 25.0 Å². The molecule has 1 saturated heterocycles. The van der Waals surface area contributed by atoms with E-state index in [9.17, 15) is 22.4 Å². The number of ketones is 1. The number of amides is 2. The fourth-order valence-electron chi connectivity index (χ4n) is 5.29. The van der Waals surface area contributed by atoms with Crippen molar-refractivity contribution in [1.29, 1.82) is 0 Å². The van der Waals surface area contributed by atoms with Crippen LogP contribution in [-0.4, -0.2) is 65.4 Å². The Morgan fingerprint density at radius 2 is 1.89 bits per heavy atom. The van der Waals surface area contributed by atoms with Gasteiger partial charge in [-0.15, -0.1) is 11.3 Å². The first-order valence-electron chi connectivity index (χ1n) is 14.9. The van der Waals surface area contributed by atoms with Gasteiger partial charge in [-0.2, -0.15) is 8.42 Å². The van der Waals surface area contributed by atoms with Crippen LogP contribution in [0.5, 0.6) is 11.5 Å². The highest BCUT2D eigenvalue weighted by Gasteiger charge is 2.25. The minimum absolute atomic E-state index is 0.0220. The smallest absolute Gasteiger partial charge is 0.397 e. The van der Waals surface area contributed by atoms with Crippen LogP contribution in [0.25, 0.3) is 20.8 Å². The van der Waals surface area contributed by atoms with Crippen LogP contribution in [0.2, 0.25) is 0 Å². The Hall–Kier alpha value is -4.02. The molecule has 242 valence electrons. The maximum absolute atomic E-state index is 14.9. The van der Waals surface area contributed by atoms with Crippen molar-refractivity contribution < 1.29 is 35.9 Å². The van der Waals surface area contributed by atoms with Gasteiger partial charge in [0.05, 0.1) is 20.8 Å². The number of pyridine rings is 2. The number of rotatable bonds is 11. The lowest BCUT2D eigenvalue weighted by Gasteiger charge is -2.20. The molecule has 1 atom stereocenters. The summed E-state index contributed by atoms with van der Waals surface area (Å²) in [7, 11) is -4.65. The number of nitrogens with one attached hydrogen (secondary N) is 2. The molecule has 3 N–H and O–H groups in total. The first-order valence-corrected chi connectivity index (χ1v) is 17.0. The summed E-state index contributed by atoms with van der Waals surface area (Å²) in [6, 6.07) is 11.6. The minimum atomic E-state index is -4.65. The number of hydrogen-bond acceptors (Lipinski definition) is 10. The molecule has 4 aromatic rings. The number of carbonyl (C=O) groups is 2. The summed E-state index contributed by atoms with van der Waals surface area (Å²) in [5.74, 6) is -0.788. The number of anilines is 1. The number of urea groups is 1. The predicted molar refractivity (Wildman–Crippen MR) is 170 cm³/mol. The van der Waals surface area contributed by atoms with Crippen molar-refractivity contribution in [3.05, 3.63) is 66.2 Å². The van der Waals surface area contributed by atoms with Crippen LogP contribution < -0.4 is 15.4 Å². The van der Waals surface area contributed by atoms with Crippen molar-refractivity contribution >= 4 is 49.5 Å². The van der Waals surface area contributed by atoms with E-state index in [-0.39, 0.29) is 29.5 Å². The van der Waals surface area contributed by atoms with Gasteiger partial charge in [0.25, 0.3) is 0 Å². The molecule has 6 rings (SSSR count). The average molecular weight is 670 g/mol. The first kappa shape index (κ1) is 31.9. The van der Waals surface area contributed by atoms with Gasteiger partial charge < -0.3 is 15.4 Å². The van der Waals surface area contributed by atoms with Crippen LogP contribution in [0.15, 0.2) is 54.9 Å². The third kappa shape index (κ3) is 8.41. The number of carbonyl (C=O) groups excluding carboxylic acids is 2. The van der Waals surface area contributed by atoms with Gasteiger partial charge in [-0.1, -0.05) is 6.07 Å². The fraction of sp³-hybridized carbons (Fsp3) is 0.355. The van der Waals surface area contributed by atoms with Gasteiger partial charge in [0, 0.05) is 48.7 Å². The van der Waals surface area contributed by atoms with Crippen LogP contribution >= 0.6 is 11.3 Å². The van der Waals surface area contributed by atoms with Crippen LogP contribution in [0.3, 0.4) is 0 Å². The Bertz CT molecular complexity index is 1850. The molecule has 4 heterocycles. The molecule has 0 spiro atoms. The minimum Gasteiger partial charge on any atom is -0.453 e. The largest absolute Gasteiger partial charge is 0.453 e. The van der Waals surface area contributed by atoms with Gasteiger partial charge in [0.15, 0.2) is 17.3 Å². The lowest BCUT2D eigenvalue weighted by molar-refractivity contribution is -0.125. The number of ether oxygens (including phenoxy) is 1. The van der Waals surface area contributed by atoms with E-state index in [1.54, 1.807) is 18.3 Å². The van der Waals surface area contributed by atoms with Crippen molar-refractivity contribution in [3.8, 4) is 22.1 Å². The lowest BCUT2D eigenvalue weighted by atomic mass is 9.96. The number of Topliss-reactive ketones (excluding diaryl/α,β-unsaturated/α-hetero) is 1. The molecule has 0 radical (unpaired) electrons. The number of hydrogen-bond donors (Lipinski definition) is 3. The standard InChI is InChI=1S/C31H32FN5O7S2/c32-23-14-22(36-31(39)35-21-4-5-21)6-8-27(23)44-28-9-11-33-25-15-29(45-30(25)28)24-7-3-19(16-34-24)17-37-12-1-2-20(10-13-37)26(38)18-43-46(40,41)42/h3,6-9,11,14-16,20-21H,1-2,4-5,10,12-13,17-18H2,(H2,35,36,39)(H,40,41,42). The Kier molecular flexibility index (Phi) is 9.56. The third-order valence-corrected chi connectivity index (χ3v) is 9.38. The van der Waals surface area contributed by atoms with E-state index in [1.165, 1.54) is 23.5 Å². The topological polar surface area (TPSA) is 160 Å². The molecule has 12 nitrogen and oxygen atoms in total.